The zero-order chi connectivity index (χ0) is 13.5. The van der Waals surface area contributed by atoms with E-state index in [1.165, 1.54) is 6.42 Å². The van der Waals surface area contributed by atoms with Gasteiger partial charge in [-0.2, -0.15) is 0 Å². The molecule has 0 spiro atoms. The molecule has 0 bridgehead atoms. The number of aldehydes is 1. The summed E-state index contributed by atoms with van der Waals surface area (Å²) in [6.07, 6.45) is 4.62. The molecule has 1 amide bonds. The quantitative estimate of drug-likeness (QED) is 0.603. The van der Waals surface area contributed by atoms with Gasteiger partial charge >= 0.3 is 0 Å². The zero-order valence-electron chi connectivity index (χ0n) is 11.0. The maximum Gasteiger partial charge on any atom is 0.253 e. The lowest BCUT2D eigenvalue weighted by Gasteiger charge is -2.26. The third kappa shape index (κ3) is 3.81. The molecule has 1 aromatic carbocycles. The Kier molecular flexibility index (Phi) is 4.95. The molecule has 0 aromatic heterocycles. The molecule has 4 nitrogen and oxygen atoms in total. The van der Waals surface area contributed by atoms with Crippen LogP contribution in [0.2, 0.25) is 0 Å². The molecular formula is C15H19NO3. The van der Waals surface area contributed by atoms with Crippen molar-refractivity contribution in [3.05, 3.63) is 29.8 Å². The Morgan fingerprint density at radius 3 is 2.47 bits per heavy atom. The van der Waals surface area contributed by atoms with Crippen molar-refractivity contribution < 1.29 is 14.3 Å². The van der Waals surface area contributed by atoms with Crippen LogP contribution in [0.5, 0.6) is 5.75 Å². The molecule has 0 N–H and O–H groups in total. The van der Waals surface area contributed by atoms with E-state index in [-0.39, 0.29) is 5.91 Å². The van der Waals surface area contributed by atoms with Gasteiger partial charge in [0.2, 0.25) is 0 Å². The minimum Gasteiger partial charge on any atom is -0.493 e. The topological polar surface area (TPSA) is 46.6 Å². The molecule has 0 unspecified atom stereocenters. The van der Waals surface area contributed by atoms with Gasteiger partial charge in [0.05, 0.1) is 6.61 Å². The van der Waals surface area contributed by atoms with Crippen LogP contribution >= 0.6 is 0 Å². The Bertz CT molecular complexity index is 422. The second-order valence-electron chi connectivity index (χ2n) is 4.68. The molecule has 1 aliphatic heterocycles. The van der Waals surface area contributed by atoms with Gasteiger partial charge in [-0.25, -0.2) is 0 Å². The number of hydrogen-bond donors (Lipinski definition) is 0. The SMILES string of the molecule is O=CCCOc1ccc(C(=O)N2CCCCC2)cc1. The van der Waals surface area contributed by atoms with Gasteiger partial charge < -0.3 is 14.4 Å². The number of carbonyl (C=O) groups is 2. The van der Waals surface area contributed by atoms with Gasteiger partial charge in [0.15, 0.2) is 0 Å². The highest BCUT2D eigenvalue weighted by molar-refractivity contribution is 5.94. The molecule has 1 saturated heterocycles. The molecule has 0 radical (unpaired) electrons. The lowest BCUT2D eigenvalue weighted by Crippen LogP contribution is -2.35. The first kappa shape index (κ1) is 13.6. The van der Waals surface area contributed by atoms with Gasteiger partial charge in [0.1, 0.15) is 12.0 Å². The molecule has 0 saturated carbocycles. The van der Waals surface area contributed by atoms with E-state index < -0.39 is 0 Å². The van der Waals surface area contributed by atoms with Crippen molar-refractivity contribution in [2.45, 2.75) is 25.7 Å². The minimum atomic E-state index is 0.0964. The van der Waals surface area contributed by atoms with Gasteiger partial charge in [0, 0.05) is 25.1 Å². The van der Waals surface area contributed by atoms with Crippen LogP contribution in [0.15, 0.2) is 24.3 Å². The molecule has 2 rings (SSSR count). The van der Waals surface area contributed by atoms with Crippen LogP contribution in [0.1, 0.15) is 36.0 Å². The molecule has 102 valence electrons. The number of nitrogens with zero attached hydrogens (tertiary/aromatic N) is 1. The first-order chi connectivity index (χ1) is 9.31. The fraction of sp³-hybridized carbons (Fsp3) is 0.467. The van der Waals surface area contributed by atoms with Crippen LogP contribution in [0.25, 0.3) is 0 Å². The number of carbonyl (C=O) groups excluding carboxylic acids is 2. The maximum absolute atomic E-state index is 12.2. The van der Waals surface area contributed by atoms with Gasteiger partial charge in [-0.15, -0.1) is 0 Å². The van der Waals surface area contributed by atoms with Crippen LogP contribution in [-0.2, 0) is 4.79 Å². The molecule has 0 atom stereocenters. The second kappa shape index (κ2) is 6.92. The van der Waals surface area contributed by atoms with E-state index in [2.05, 4.69) is 0 Å². The van der Waals surface area contributed by atoms with E-state index in [1.807, 2.05) is 4.90 Å². The van der Waals surface area contributed by atoms with Crippen LogP contribution in [0.3, 0.4) is 0 Å². The summed E-state index contributed by atoms with van der Waals surface area (Å²) in [4.78, 5) is 24.3. The van der Waals surface area contributed by atoms with Crippen LogP contribution < -0.4 is 4.74 Å². The van der Waals surface area contributed by atoms with Crippen LogP contribution in [0, 0.1) is 0 Å². The van der Waals surface area contributed by atoms with Gasteiger partial charge in [-0.05, 0) is 43.5 Å². The highest BCUT2D eigenvalue weighted by atomic mass is 16.5. The van der Waals surface area contributed by atoms with E-state index in [9.17, 15) is 9.59 Å². The van der Waals surface area contributed by atoms with E-state index in [1.54, 1.807) is 24.3 Å². The maximum atomic E-state index is 12.2. The fourth-order valence-electron chi connectivity index (χ4n) is 2.20. The first-order valence-electron chi connectivity index (χ1n) is 6.77. The third-order valence-corrected chi connectivity index (χ3v) is 3.25. The number of hydrogen-bond acceptors (Lipinski definition) is 3. The number of amides is 1. The average Bonchev–Trinajstić information content (AvgIpc) is 2.48. The largest absolute Gasteiger partial charge is 0.493 e. The molecule has 1 heterocycles. The number of benzene rings is 1. The van der Waals surface area contributed by atoms with Gasteiger partial charge in [0.25, 0.3) is 5.91 Å². The molecule has 1 fully saturated rings. The Balaban J connectivity index is 1.93. The van der Waals surface area contributed by atoms with Crippen molar-refractivity contribution in [3.63, 3.8) is 0 Å². The average molecular weight is 261 g/mol. The summed E-state index contributed by atoms with van der Waals surface area (Å²) in [7, 11) is 0. The first-order valence-corrected chi connectivity index (χ1v) is 6.77. The second-order valence-corrected chi connectivity index (χ2v) is 4.68. The summed E-state index contributed by atoms with van der Waals surface area (Å²) in [5, 5.41) is 0. The highest BCUT2D eigenvalue weighted by Crippen LogP contribution is 2.16. The summed E-state index contributed by atoms with van der Waals surface area (Å²) in [5.74, 6) is 0.788. The zero-order valence-corrected chi connectivity index (χ0v) is 11.0. The van der Waals surface area contributed by atoms with Crippen molar-refractivity contribution >= 4 is 12.2 Å². The Morgan fingerprint density at radius 1 is 1.16 bits per heavy atom. The highest BCUT2D eigenvalue weighted by Gasteiger charge is 2.17. The van der Waals surface area contributed by atoms with E-state index in [0.29, 0.717) is 24.3 Å². The summed E-state index contributed by atoms with van der Waals surface area (Å²) < 4.78 is 5.37. The molecular weight excluding hydrogens is 242 g/mol. The third-order valence-electron chi connectivity index (χ3n) is 3.25. The van der Waals surface area contributed by atoms with Crippen LogP contribution in [0.4, 0.5) is 0 Å². The monoisotopic (exact) mass is 261 g/mol. The predicted molar refractivity (Wildman–Crippen MR) is 72.4 cm³/mol. The lowest BCUT2D eigenvalue weighted by atomic mass is 10.1. The lowest BCUT2D eigenvalue weighted by molar-refractivity contribution is -0.108. The Morgan fingerprint density at radius 2 is 1.84 bits per heavy atom. The summed E-state index contributed by atoms with van der Waals surface area (Å²) >= 11 is 0. The number of piperidine rings is 1. The Hall–Kier alpha value is -1.84. The normalized spacial score (nSPS) is 15.1. The predicted octanol–water partition coefficient (Wildman–Crippen LogP) is 2.28. The number of rotatable bonds is 5. The molecule has 0 aliphatic carbocycles. The van der Waals surface area contributed by atoms with Crippen LogP contribution in [-0.4, -0.2) is 36.8 Å². The number of ether oxygens (including phenoxy) is 1. The standard InChI is InChI=1S/C15H19NO3/c17-11-4-12-19-14-7-5-13(6-8-14)15(18)16-9-2-1-3-10-16/h5-8,11H,1-4,9-10,12H2. The van der Waals surface area contributed by atoms with Gasteiger partial charge in [-0.3, -0.25) is 4.79 Å². The molecule has 1 aliphatic rings. The van der Waals surface area contributed by atoms with Gasteiger partial charge in [-0.1, -0.05) is 0 Å². The summed E-state index contributed by atoms with van der Waals surface area (Å²) in [6.45, 7) is 2.09. The van der Waals surface area contributed by atoms with Crippen molar-refractivity contribution in [1.29, 1.82) is 0 Å². The molecule has 19 heavy (non-hydrogen) atoms. The minimum absolute atomic E-state index is 0.0964. The van der Waals surface area contributed by atoms with Crippen molar-refractivity contribution in [2.75, 3.05) is 19.7 Å². The van der Waals surface area contributed by atoms with Crippen molar-refractivity contribution in [3.8, 4) is 5.75 Å². The number of likely N-dealkylation sites (tertiary alicyclic amines) is 1. The van der Waals surface area contributed by atoms with Crippen molar-refractivity contribution in [1.82, 2.24) is 4.90 Å². The van der Waals surface area contributed by atoms with Crippen molar-refractivity contribution in [2.24, 2.45) is 0 Å². The smallest absolute Gasteiger partial charge is 0.253 e. The Labute approximate surface area is 113 Å². The van der Waals surface area contributed by atoms with E-state index >= 15 is 0 Å². The molecule has 1 aromatic rings. The van der Waals surface area contributed by atoms with E-state index in [0.717, 1.165) is 32.2 Å². The summed E-state index contributed by atoms with van der Waals surface area (Å²) in [6, 6.07) is 7.13. The molecule has 4 heteroatoms. The van der Waals surface area contributed by atoms with E-state index in [4.69, 9.17) is 4.74 Å². The fourth-order valence-corrected chi connectivity index (χ4v) is 2.20. The summed E-state index contributed by atoms with van der Waals surface area (Å²) in [5.41, 5.74) is 0.699.